The summed E-state index contributed by atoms with van der Waals surface area (Å²) >= 11 is 0. The highest BCUT2D eigenvalue weighted by Crippen LogP contribution is 2.21. The molecule has 8 heteroatoms. The van der Waals surface area contributed by atoms with Crippen LogP contribution in [-0.2, 0) is 15.8 Å². The van der Waals surface area contributed by atoms with Crippen LogP contribution in [0, 0.1) is 21.4 Å². The Hall–Kier alpha value is -2.92. The summed E-state index contributed by atoms with van der Waals surface area (Å²) in [5, 5.41) is 19.7. The minimum absolute atomic E-state index is 0.0939. The van der Waals surface area contributed by atoms with Gasteiger partial charge in [-0.05, 0) is 18.2 Å². The van der Waals surface area contributed by atoms with Gasteiger partial charge in [0, 0.05) is 17.3 Å². The van der Waals surface area contributed by atoms with Crippen molar-refractivity contribution in [3.8, 4) is 6.07 Å². The van der Waals surface area contributed by atoms with Crippen LogP contribution in [0.25, 0.3) is 0 Å². The van der Waals surface area contributed by atoms with Crippen LogP contribution < -0.4 is 4.72 Å². The molecule has 0 radical (unpaired) electrons. The van der Waals surface area contributed by atoms with Crippen molar-refractivity contribution in [2.45, 2.75) is 5.75 Å². The number of nitro groups is 1. The average molecular weight is 317 g/mol. The number of sulfonamides is 1. The van der Waals surface area contributed by atoms with Gasteiger partial charge in [0.15, 0.2) is 0 Å². The number of nitro benzene ring substituents is 1. The molecule has 0 aliphatic rings. The largest absolute Gasteiger partial charge is 0.283 e. The van der Waals surface area contributed by atoms with E-state index in [9.17, 15) is 18.5 Å². The molecular weight excluding hydrogens is 306 g/mol. The van der Waals surface area contributed by atoms with Gasteiger partial charge in [-0.2, -0.15) is 5.26 Å². The van der Waals surface area contributed by atoms with E-state index in [2.05, 4.69) is 4.72 Å². The SMILES string of the molecule is N#Cc1cccc(NS(=O)(=O)Cc2ccccc2[N+](=O)[O-])c1. The number of para-hydroxylation sites is 1. The molecule has 0 aromatic heterocycles. The van der Waals surface area contributed by atoms with E-state index in [4.69, 9.17) is 5.26 Å². The lowest BCUT2D eigenvalue weighted by Crippen LogP contribution is -2.15. The van der Waals surface area contributed by atoms with Gasteiger partial charge < -0.3 is 0 Å². The molecule has 0 saturated heterocycles. The van der Waals surface area contributed by atoms with Crippen molar-refractivity contribution < 1.29 is 13.3 Å². The number of nitrogens with zero attached hydrogens (tertiary/aromatic N) is 2. The zero-order chi connectivity index (χ0) is 16.2. The van der Waals surface area contributed by atoms with Gasteiger partial charge >= 0.3 is 0 Å². The van der Waals surface area contributed by atoms with Crippen LogP contribution in [0.5, 0.6) is 0 Å². The summed E-state index contributed by atoms with van der Waals surface area (Å²) in [4.78, 5) is 10.3. The highest BCUT2D eigenvalue weighted by atomic mass is 32.2. The molecule has 7 nitrogen and oxygen atoms in total. The molecule has 2 rings (SSSR count). The topological polar surface area (TPSA) is 113 Å². The van der Waals surface area contributed by atoms with Crippen molar-refractivity contribution in [1.29, 1.82) is 5.26 Å². The first-order chi connectivity index (χ1) is 10.4. The monoisotopic (exact) mass is 317 g/mol. The van der Waals surface area contributed by atoms with Crippen molar-refractivity contribution in [2.75, 3.05) is 4.72 Å². The highest BCUT2D eigenvalue weighted by Gasteiger charge is 2.19. The fraction of sp³-hybridized carbons (Fsp3) is 0.0714. The molecule has 2 aromatic rings. The summed E-state index contributed by atoms with van der Waals surface area (Å²) in [7, 11) is -3.83. The third kappa shape index (κ3) is 3.80. The Morgan fingerprint density at radius 3 is 2.59 bits per heavy atom. The van der Waals surface area contributed by atoms with E-state index in [-0.39, 0.29) is 16.9 Å². The van der Waals surface area contributed by atoms with Crippen LogP contribution in [-0.4, -0.2) is 13.3 Å². The second kappa shape index (κ2) is 6.24. The molecule has 2 aromatic carbocycles. The Kier molecular flexibility index (Phi) is 4.39. The predicted molar refractivity (Wildman–Crippen MR) is 80.5 cm³/mol. The molecule has 0 aliphatic carbocycles. The Balaban J connectivity index is 2.25. The van der Waals surface area contributed by atoms with E-state index < -0.39 is 20.7 Å². The van der Waals surface area contributed by atoms with Crippen LogP contribution in [0.2, 0.25) is 0 Å². The number of hydrogen-bond acceptors (Lipinski definition) is 5. The van der Waals surface area contributed by atoms with E-state index >= 15 is 0 Å². The number of nitriles is 1. The van der Waals surface area contributed by atoms with Gasteiger partial charge in [0.25, 0.3) is 5.69 Å². The van der Waals surface area contributed by atoms with Gasteiger partial charge in [0.1, 0.15) is 5.75 Å². The fourth-order valence-corrected chi connectivity index (χ4v) is 3.10. The fourth-order valence-electron chi connectivity index (χ4n) is 1.88. The first-order valence-corrected chi connectivity index (χ1v) is 7.79. The van der Waals surface area contributed by atoms with Crippen LogP contribution >= 0.6 is 0 Å². The molecule has 0 unspecified atom stereocenters. The minimum atomic E-state index is -3.83. The molecule has 112 valence electrons. The lowest BCUT2D eigenvalue weighted by molar-refractivity contribution is -0.385. The van der Waals surface area contributed by atoms with Crippen LogP contribution in [0.4, 0.5) is 11.4 Å². The Morgan fingerprint density at radius 1 is 1.18 bits per heavy atom. The Bertz CT molecular complexity index is 856. The van der Waals surface area contributed by atoms with Gasteiger partial charge in [-0.3, -0.25) is 14.8 Å². The van der Waals surface area contributed by atoms with Gasteiger partial charge in [-0.25, -0.2) is 8.42 Å². The van der Waals surface area contributed by atoms with Gasteiger partial charge in [-0.1, -0.05) is 24.3 Å². The molecule has 0 saturated carbocycles. The van der Waals surface area contributed by atoms with E-state index in [1.807, 2.05) is 6.07 Å². The van der Waals surface area contributed by atoms with Gasteiger partial charge in [0.05, 0.1) is 16.6 Å². The second-order valence-electron chi connectivity index (χ2n) is 4.44. The molecule has 0 spiro atoms. The van der Waals surface area contributed by atoms with Crippen molar-refractivity contribution in [3.63, 3.8) is 0 Å². The maximum atomic E-state index is 12.1. The third-order valence-electron chi connectivity index (χ3n) is 2.80. The van der Waals surface area contributed by atoms with Crippen LogP contribution in [0.15, 0.2) is 48.5 Å². The molecular formula is C14H11N3O4S. The predicted octanol–water partition coefficient (Wildman–Crippen LogP) is 2.41. The maximum Gasteiger partial charge on any atom is 0.273 e. The number of anilines is 1. The van der Waals surface area contributed by atoms with E-state index in [0.29, 0.717) is 5.56 Å². The molecule has 0 fully saturated rings. The zero-order valence-electron chi connectivity index (χ0n) is 11.3. The average Bonchev–Trinajstić information content (AvgIpc) is 2.46. The lowest BCUT2D eigenvalue weighted by Gasteiger charge is -2.08. The van der Waals surface area contributed by atoms with Crippen LogP contribution in [0.3, 0.4) is 0 Å². The van der Waals surface area contributed by atoms with E-state index in [0.717, 1.165) is 0 Å². The van der Waals surface area contributed by atoms with Crippen molar-refractivity contribution in [1.82, 2.24) is 0 Å². The van der Waals surface area contributed by atoms with Gasteiger partial charge in [-0.15, -0.1) is 0 Å². The quantitative estimate of drug-likeness (QED) is 0.672. The van der Waals surface area contributed by atoms with Crippen LogP contribution in [0.1, 0.15) is 11.1 Å². The standard InChI is InChI=1S/C14H11N3O4S/c15-9-11-4-3-6-13(8-11)16-22(20,21)10-12-5-1-2-7-14(12)17(18)19/h1-8,16H,10H2. The summed E-state index contributed by atoms with van der Waals surface area (Å²) in [6, 6.07) is 13.5. The summed E-state index contributed by atoms with van der Waals surface area (Å²) in [5.41, 5.74) is 0.388. The Labute approximate surface area is 127 Å². The molecule has 0 atom stereocenters. The Morgan fingerprint density at radius 2 is 1.91 bits per heavy atom. The molecule has 0 bridgehead atoms. The van der Waals surface area contributed by atoms with Crippen molar-refractivity contribution in [3.05, 3.63) is 69.8 Å². The molecule has 0 aliphatic heterocycles. The molecule has 1 N–H and O–H groups in total. The molecule has 0 heterocycles. The highest BCUT2D eigenvalue weighted by molar-refractivity contribution is 7.91. The first-order valence-electron chi connectivity index (χ1n) is 6.14. The minimum Gasteiger partial charge on any atom is -0.283 e. The third-order valence-corrected chi connectivity index (χ3v) is 4.04. The summed E-state index contributed by atoms with van der Waals surface area (Å²) in [6.07, 6.45) is 0. The lowest BCUT2D eigenvalue weighted by atomic mass is 10.2. The van der Waals surface area contributed by atoms with E-state index in [1.54, 1.807) is 12.1 Å². The van der Waals surface area contributed by atoms with Gasteiger partial charge in [0.2, 0.25) is 10.0 Å². The smallest absolute Gasteiger partial charge is 0.273 e. The zero-order valence-corrected chi connectivity index (χ0v) is 12.1. The number of rotatable bonds is 5. The number of hydrogen-bond donors (Lipinski definition) is 1. The summed E-state index contributed by atoms with van der Waals surface area (Å²) < 4.78 is 26.6. The van der Waals surface area contributed by atoms with Crippen molar-refractivity contribution >= 4 is 21.4 Å². The first kappa shape index (κ1) is 15.5. The summed E-state index contributed by atoms with van der Waals surface area (Å²) in [5.74, 6) is -0.527. The van der Waals surface area contributed by atoms with E-state index in [1.165, 1.54) is 36.4 Å². The number of nitrogens with one attached hydrogen (secondary N) is 1. The second-order valence-corrected chi connectivity index (χ2v) is 6.16. The molecule has 22 heavy (non-hydrogen) atoms. The summed E-state index contributed by atoms with van der Waals surface area (Å²) in [6.45, 7) is 0. The number of benzene rings is 2. The maximum absolute atomic E-state index is 12.1. The molecule has 0 amide bonds. The normalized spacial score (nSPS) is 10.7. The van der Waals surface area contributed by atoms with Crippen molar-refractivity contribution in [2.24, 2.45) is 0 Å².